The first-order valence-electron chi connectivity index (χ1n) is 7.78. The molecule has 2 N–H and O–H groups in total. The van der Waals surface area contributed by atoms with Crippen LogP contribution >= 0.6 is 0 Å². The maximum Gasteiger partial charge on any atom is 0.274 e. The van der Waals surface area contributed by atoms with Crippen LogP contribution in [0.4, 0.5) is 5.69 Å². The molecule has 0 bridgehead atoms. The van der Waals surface area contributed by atoms with Crippen LogP contribution in [0.1, 0.15) is 46.7 Å². The van der Waals surface area contributed by atoms with E-state index in [9.17, 15) is 9.59 Å². The first kappa shape index (κ1) is 16.7. The van der Waals surface area contributed by atoms with E-state index < -0.39 is 0 Å². The zero-order valence-corrected chi connectivity index (χ0v) is 13.4. The molecule has 0 aliphatic rings. The summed E-state index contributed by atoms with van der Waals surface area (Å²) in [4.78, 5) is 28.2. The summed E-state index contributed by atoms with van der Waals surface area (Å²) in [6.07, 6.45) is 3.28. The lowest BCUT2D eigenvalue weighted by Gasteiger charge is -2.07. The van der Waals surface area contributed by atoms with Crippen LogP contribution in [0.3, 0.4) is 0 Å². The number of hydrogen-bond acceptors (Lipinski definition) is 3. The molecule has 0 unspecified atom stereocenters. The molecule has 2 aromatic rings. The van der Waals surface area contributed by atoms with Crippen molar-refractivity contribution in [2.75, 3.05) is 11.9 Å². The number of rotatable bonds is 6. The quantitative estimate of drug-likeness (QED) is 0.861. The number of benzene rings is 1. The van der Waals surface area contributed by atoms with Crippen molar-refractivity contribution in [1.29, 1.82) is 0 Å². The summed E-state index contributed by atoms with van der Waals surface area (Å²) in [6.45, 7) is 4.66. The minimum absolute atomic E-state index is 0.199. The molecule has 0 fully saturated rings. The summed E-state index contributed by atoms with van der Waals surface area (Å²) in [5.41, 5.74) is 2.55. The second kappa shape index (κ2) is 8.08. The highest BCUT2D eigenvalue weighted by Crippen LogP contribution is 2.12. The van der Waals surface area contributed by atoms with Gasteiger partial charge < -0.3 is 10.6 Å². The summed E-state index contributed by atoms with van der Waals surface area (Å²) in [6, 6.07) is 10.7. The number of carbonyl (C=O) groups is 2. The third kappa shape index (κ3) is 4.64. The average Bonchev–Trinajstić information content (AvgIpc) is 2.60. The van der Waals surface area contributed by atoms with Gasteiger partial charge in [0.05, 0.1) is 0 Å². The highest BCUT2D eigenvalue weighted by atomic mass is 16.2. The van der Waals surface area contributed by atoms with Gasteiger partial charge in [0.15, 0.2) is 0 Å². The van der Waals surface area contributed by atoms with E-state index in [1.807, 2.05) is 31.2 Å². The van der Waals surface area contributed by atoms with Gasteiger partial charge in [-0.05, 0) is 42.7 Å². The maximum atomic E-state index is 12.3. The van der Waals surface area contributed by atoms with Crippen molar-refractivity contribution in [1.82, 2.24) is 10.3 Å². The van der Waals surface area contributed by atoms with Crippen molar-refractivity contribution < 1.29 is 9.59 Å². The van der Waals surface area contributed by atoms with Crippen molar-refractivity contribution in [3.8, 4) is 0 Å². The molecule has 1 heterocycles. The van der Waals surface area contributed by atoms with Crippen molar-refractivity contribution in [2.24, 2.45) is 0 Å². The van der Waals surface area contributed by atoms with Gasteiger partial charge in [-0.2, -0.15) is 0 Å². The molecule has 2 rings (SSSR count). The fraction of sp³-hybridized carbons (Fsp3) is 0.278. The van der Waals surface area contributed by atoms with Gasteiger partial charge in [0.25, 0.3) is 11.8 Å². The fourth-order valence-corrected chi connectivity index (χ4v) is 2.06. The molecular formula is C18H21N3O2. The molecule has 0 atom stereocenters. The predicted molar refractivity (Wildman–Crippen MR) is 90.6 cm³/mol. The number of nitrogens with one attached hydrogen (secondary N) is 2. The van der Waals surface area contributed by atoms with Crippen LogP contribution in [0, 0.1) is 0 Å². The first-order chi connectivity index (χ1) is 11.1. The number of pyridine rings is 1. The van der Waals surface area contributed by atoms with E-state index in [1.165, 1.54) is 17.8 Å². The van der Waals surface area contributed by atoms with Crippen LogP contribution < -0.4 is 10.6 Å². The molecule has 0 radical (unpaired) electrons. The van der Waals surface area contributed by atoms with Crippen molar-refractivity contribution in [3.05, 3.63) is 59.4 Å². The van der Waals surface area contributed by atoms with E-state index in [0.717, 1.165) is 12.8 Å². The lowest BCUT2D eigenvalue weighted by atomic mass is 10.1. The van der Waals surface area contributed by atoms with Crippen LogP contribution in [-0.2, 0) is 6.42 Å². The second-order valence-corrected chi connectivity index (χ2v) is 5.19. The number of amides is 2. The van der Waals surface area contributed by atoms with Gasteiger partial charge >= 0.3 is 0 Å². The molecule has 1 aromatic heterocycles. The van der Waals surface area contributed by atoms with Crippen molar-refractivity contribution >= 4 is 17.5 Å². The van der Waals surface area contributed by atoms with Gasteiger partial charge in [0, 0.05) is 24.0 Å². The van der Waals surface area contributed by atoms with Gasteiger partial charge in [-0.3, -0.25) is 14.6 Å². The fourth-order valence-electron chi connectivity index (χ4n) is 2.06. The van der Waals surface area contributed by atoms with Gasteiger partial charge in [-0.15, -0.1) is 0 Å². The van der Waals surface area contributed by atoms with Gasteiger partial charge in [-0.25, -0.2) is 0 Å². The van der Waals surface area contributed by atoms with Gasteiger partial charge in [0.2, 0.25) is 0 Å². The third-order valence-corrected chi connectivity index (χ3v) is 3.41. The Morgan fingerprint density at radius 2 is 1.78 bits per heavy atom. The molecular weight excluding hydrogens is 290 g/mol. The van der Waals surface area contributed by atoms with Crippen LogP contribution in [0.25, 0.3) is 0 Å². The standard InChI is InChI=1S/C18H21N3O2/c1-3-10-20-17(22)14-9-11-19-16(12-14)18(23)21-15-7-5-13(4-2)6-8-15/h5-9,11-12H,3-4,10H2,1-2H3,(H,20,22)(H,21,23). The number of carbonyl (C=O) groups excluding carboxylic acids is 2. The Hall–Kier alpha value is -2.69. The molecule has 2 amide bonds. The summed E-state index contributed by atoms with van der Waals surface area (Å²) < 4.78 is 0. The first-order valence-corrected chi connectivity index (χ1v) is 7.78. The van der Waals surface area contributed by atoms with E-state index >= 15 is 0 Å². The molecule has 0 saturated heterocycles. The van der Waals surface area contributed by atoms with E-state index in [4.69, 9.17) is 0 Å². The van der Waals surface area contributed by atoms with E-state index in [-0.39, 0.29) is 17.5 Å². The minimum atomic E-state index is -0.334. The Morgan fingerprint density at radius 3 is 2.43 bits per heavy atom. The predicted octanol–water partition coefficient (Wildman–Crippen LogP) is 3.04. The zero-order chi connectivity index (χ0) is 16.7. The summed E-state index contributed by atoms with van der Waals surface area (Å²) in [5, 5.41) is 5.56. The maximum absolute atomic E-state index is 12.3. The molecule has 0 saturated carbocycles. The number of anilines is 1. The average molecular weight is 311 g/mol. The Morgan fingerprint density at radius 1 is 1.04 bits per heavy atom. The number of nitrogens with zero attached hydrogens (tertiary/aromatic N) is 1. The zero-order valence-electron chi connectivity index (χ0n) is 13.4. The molecule has 5 nitrogen and oxygen atoms in total. The van der Waals surface area contributed by atoms with Crippen LogP contribution in [0.15, 0.2) is 42.6 Å². The molecule has 120 valence electrons. The minimum Gasteiger partial charge on any atom is -0.352 e. The molecule has 0 aliphatic heterocycles. The Kier molecular flexibility index (Phi) is 5.86. The highest BCUT2D eigenvalue weighted by molar-refractivity contribution is 6.04. The van der Waals surface area contributed by atoms with Crippen LogP contribution in [-0.4, -0.2) is 23.3 Å². The Balaban J connectivity index is 2.08. The Labute approximate surface area is 136 Å². The summed E-state index contributed by atoms with van der Waals surface area (Å²) in [5.74, 6) is -0.532. The summed E-state index contributed by atoms with van der Waals surface area (Å²) in [7, 11) is 0. The van der Waals surface area contributed by atoms with E-state index in [1.54, 1.807) is 6.07 Å². The molecule has 1 aromatic carbocycles. The second-order valence-electron chi connectivity index (χ2n) is 5.19. The van der Waals surface area contributed by atoms with Gasteiger partial charge in [0.1, 0.15) is 5.69 Å². The number of aromatic nitrogens is 1. The molecule has 0 spiro atoms. The SMILES string of the molecule is CCCNC(=O)c1ccnc(C(=O)Nc2ccc(CC)cc2)c1. The lowest BCUT2D eigenvalue weighted by Crippen LogP contribution is -2.24. The van der Waals surface area contributed by atoms with E-state index in [2.05, 4.69) is 22.5 Å². The largest absolute Gasteiger partial charge is 0.352 e. The van der Waals surface area contributed by atoms with E-state index in [0.29, 0.717) is 17.8 Å². The molecule has 5 heteroatoms. The van der Waals surface area contributed by atoms with Crippen LogP contribution in [0.5, 0.6) is 0 Å². The highest BCUT2D eigenvalue weighted by Gasteiger charge is 2.11. The van der Waals surface area contributed by atoms with Crippen LogP contribution in [0.2, 0.25) is 0 Å². The topological polar surface area (TPSA) is 71.1 Å². The van der Waals surface area contributed by atoms with Crippen molar-refractivity contribution in [3.63, 3.8) is 0 Å². The Bertz CT molecular complexity index is 681. The lowest BCUT2D eigenvalue weighted by molar-refractivity contribution is 0.0953. The third-order valence-electron chi connectivity index (χ3n) is 3.41. The van der Waals surface area contributed by atoms with Gasteiger partial charge in [-0.1, -0.05) is 26.0 Å². The molecule has 23 heavy (non-hydrogen) atoms. The number of hydrogen-bond donors (Lipinski definition) is 2. The monoisotopic (exact) mass is 311 g/mol. The number of aryl methyl sites for hydroxylation is 1. The van der Waals surface area contributed by atoms with Crippen molar-refractivity contribution in [2.45, 2.75) is 26.7 Å². The molecule has 0 aliphatic carbocycles. The smallest absolute Gasteiger partial charge is 0.274 e. The summed E-state index contributed by atoms with van der Waals surface area (Å²) >= 11 is 0. The normalized spacial score (nSPS) is 10.2.